The molecule has 0 saturated carbocycles. The van der Waals surface area contributed by atoms with E-state index in [4.69, 9.17) is 9.26 Å². The van der Waals surface area contributed by atoms with E-state index in [0.717, 1.165) is 29.7 Å². The molecule has 0 fully saturated rings. The van der Waals surface area contributed by atoms with Crippen LogP contribution >= 0.6 is 11.3 Å². The summed E-state index contributed by atoms with van der Waals surface area (Å²) in [5, 5.41) is 7.26. The minimum Gasteiger partial charge on any atom is -0.462 e. The SMILES string of the molecule is CCOC(=O)c1c(NC(=O)c2c(C)noc2C)sc2c1CC[C@@H](C)C2. The molecule has 1 aliphatic carbocycles. The summed E-state index contributed by atoms with van der Waals surface area (Å²) in [5.41, 5.74) is 2.47. The number of amides is 1. The van der Waals surface area contributed by atoms with E-state index in [1.165, 1.54) is 11.3 Å². The molecule has 1 atom stereocenters. The first-order valence-electron chi connectivity index (χ1n) is 8.48. The number of hydrogen-bond donors (Lipinski definition) is 1. The van der Waals surface area contributed by atoms with Crippen LogP contribution in [0.3, 0.4) is 0 Å². The van der Waals surface area contributed by atoms with E-state index in [1.807, 2.05) is 0 Å². The van der Waals surface area contributed by atoms with Crippen molar-refractivity contribution in [3.8, 4) is 0 Å². The van der Waals surface area contributed by atoms with Crippen molar-refractivity contribution in [3.63, 3.8) is 0 Å². The monoisotopic (exact) mass is 362 g/mol. The van der Waals surface area contributed by atoms with Gasteiger partial charge in [-0.15, -0.1) is 11.3 Å². The molecular weight excluding hydrogens is 340 g/mol. The molecule has 25 heavy (non-hydrogen) atoms. The highest BCUT2D eigenvalue weighted by Gasteiger charge is 2.30. The standard InChI is InChI=1S/C18H22N2O4S/c1-5-23-18(22)15-12-7-6-9(2)8-13(12)25-17(15)19-16(21)14-10(3)20-24-11(14)4/h9H,5-8H2,1-4H3,(H,19,21)/t9-/m1/s1. The van der Waals surface area contributed by atoms with Crippen molar-refractivity contribution in [1.82, 2.24) is 5.16 Å². The van der Waals surface area contributed by atoms with Crippen molar-refractivity contribution in [2.75, 3.05) is 11.9 Å². The number of nitrogens with one attached hydrogen (secondary N) is 1. The fourth-order valence-electron chi connectivity index (χ4n) is 3.23. The number of aryl methyl sites for hydroxylation is 2. The van der Waals surface area contributed by atoms with Crippen molar-refractivity contribution in [1.29, 1.82) is 0 Å². The predicted octanol–water partition coefficient (Wildman–Crippen LogP) is 3.91. The largest absolute Gasteiger partial charge is 0.462 e. The second-order valence-electron chi connectivity index (χ2n) is 6.43. The van der Waals surface area contributed by atoms with E-state index < -0.39 is 0 Å². The molecule has 6 nitrogen and oxygen atoms in total. The number of carbonyl (C=O) groups excluding carboxylic acids is 2. The molecule has 0 unspecified atom stereocenters. The molecule has 1 aliphatic rings. The first-order chi connectivity index (χ1) is 11.9. The fourth-order valence-corrected chi connectivity index (χ4v) is 4.62. The maximum Gasteiger partial charge on any atom is 0.341 e. The normalized spacial score (nSPS) is 16.4. The number of nitrogens with zero attached hydrogens (tertiary/aromatic N) is 1. The number of fused-ring (bicyclic) bond motifs is 1. The highest BCUT2D eigenvalue weighted by molar-refractivity contribution is 7.17. The number of esters is 1. The number of ether oxygens (including phenoxy) is 1. The third-order valence-electron chi connectivity index (χ3n) is 4.48. The quantitative estimate of drug-likeness (QED) is 0.834. The van der Waals surface area contributed by atoms with Crippen molar-refractivity contribution >= 4 is 28.2 Å². The summed E-state index contributed by atoms with van der Waals surface area (Å²) in [6.07, 6.45) is 2.79. The topological polar surface area (TPSA) is 81.4 Å². The first kappa shape index (κ1) is 17.7. The van der Waals surface area contributed by atoms with Gasteiger partial charge in [-0.3, -0.25) is 4.79 Å². The average molecular weight is 362 g/mol. The van der Waals surface area contributed by atoms with Gasteiger partial charge in [0.25, 0.3) is 5.91 Å². The van der Waals surface area contributed by atoms with Crippen molar-refractivity contribution in [3.05, 3.63) is 33.0 Å². The van der Waals surface area contributed by atoms with Crippen molar-refractivity contribution in [2.45, 2.75) is 47.0 Å². The maximum atomic E-state index is 12.7. The molecule has 2 aromatic heterocycles. The van der Waals surface area contributed by atoms with E-state index >= 15 is 0 Å². The zero-order chi connectivity index (χ0) is 18.1. The third-order valence-corrected chi connectivity index (χ3v) is 5.65. The summed E-state index contributed by atoms with van der Waals surface area (Å²) in [7, 11) is 0. The Morgan fingerprint density at radius 2 is 2.12 bits per heavy atom. The van der Waals surface area contributed by atoms with Crippen LogP contribution in [0.15, 0.2) is 4.52 Å². The van der Waals surface area contributed by atoms with E-state index in [2.05, 4.69) is 17.4 Å². The molecule has 3 rings (SSSR count). The summed E-state index contributed by atoms with van der Waals surface area (Å²) in [6, 6.07) is 0. The number of hydrogen-bond acceptors (Lipinski definition) is 6. The Balaban J connectivity index is 1.98. The number of carbonyl (C=O) groups is 2. The van der Waals surface area contributed by atoms with Gasteiger partial charge in [-0.2, -0.15) is 0 Å². The minimum atomic E-state index is -0.372. The molecule has 0 aromatic carbocycles. The summed E-state index contributed by atoms with van der Waals surface area (Å²) in [4.78, 5) is 26.3. The van der Waals surface area contributed by atoms with Gasteiger partial charge in [0, 0.05) is 4.88 Å². The van der Waals surface area contributed by atoms with Crippen molar-refractivity contribution in [2.24, 2.45) is 5.92 Å². The van der Waals surface area contributed by atoms with E-state index in [-0.39, 0.29) is 11.9 Å². The zero-order valence-electron chi connectivity index (χ0n) is 14.9. The summed E-state index contributed by atoms with van der Waals surface area (Å²) >= 11 is 1.47. The fraction of sp³-hybridized carbons (Fsp3) is 0.500. The Hall–Kier alpha value is -2.15. The number of rotatable bonds is 4. The number of aromatic nitrogens is 1. The van der Waals surface area contributed by atoms with E-state index in [1.54, 1.807) is 20.8 Å². The summed E-state index contributed by atoms with van der Waals surface area (Å²) in [5.74, 6) is 0.354. The van der Waals surface area contributed by atoms with E-state index in [0.29, 0.717) is 40.1 Å². The summed E-state index contributed by atoms with van der Waals surface area (Å²) < 4.78 is 10.3. The molecule has 0 radical (unpaired) electrons. The lowest BCUT2D eigenvalue weighted by molar-refractivity contribution is 0.0526. The van der Waals surface area contributed by atoms with E-state index in [9.17, 15) is 9.59 Å². The van der Waals surface area contributed by atoms with Crippen LogP contribution in [-0.4, -0.2) is 23.6 Å². The first-order valence-corrected chi connectivity index (χ1v) is 9.29. The Morgan fingerprint density at radius 3 is 2.76 bits per heavy atom. The number of thiophene rings is 1. The van der Waals surface area contributed by atoms with Crippen LogP contribution in [0.5, 0.6) is 0 Å². The van der Waals surface area contributed by atoms with Gasteiger partial charge in [-0.1, -0.05) is 12.1 Å². The Morgan fingerprint density at radius 1 is 1.36 bits per heavy atom. The molecular formula is C18H22N2O4S. The van der Waals surface area contributed by atoms with Gasteiger partial charge in [0.2, 0.25) is 0 Å². The van der Waals surface area contributed by atoms with Gasteiger partial charge in [0.05, 0.1) is 17.9 Å². The molecule has 0 aliphatic heterocycles. The number of anilines is 1. The smallest absolute Gasteiger partial charge is 0.341 e. The molecule has 0 saturated heterocycles. The van der Waals surface area contributed by atoms with Gasteiger partial charge < -0.3 is 14.6 Å². The Bertz CT molecular complexity index is 802. The molecule has 1 amide bonds. The molecule has 7 heteroatoms. The average Bonchev–Trinajstić information content (AvgIpc) is 3.06. The van der Waals surface area contributed by atoms with Crippen LogP contribution in [0, 0.1) is 19.8 Å². The van der Waals surface area contributed by atoms with Crippen LogP contribution in [-0.2, 0) is 17.6 Å². The second kappa shape index (κ2) is 7.00. The van der Waals surface area contributed by atoms with Gasteiger partial charge in [0.1, 0.15) is 16.3 Å². The zero-order valence-corrected chi connectivity index (χ0v) is 15.7. The molecule has 2 heterocycles. The lowest BCUT2D eigenvalue weighted by Gasteiger charge is -2.18. The highest BCUT2D eigenvalue weighted by Crippen LogP contribution is 2.40. The van der Waals surface area contributed by atoms with Crippen LogP contribution in [0.4, 0.5) is 5.00 Å². The molecule has 0 bridgehead atoms. The van der Waals surface area contributed by atoms with Crippen LogP contribution < -0.4 is 5.32 Å². The van der Waals surface area contributed by atoms with Gasteiger partial charge >= 0.3 is 5.97 Å². The van der Waals surface area contributed by atoms with Crippen molar-refractivity contribution < 1.29 is 18.8 Å². The molecule has 134 valence electrons. The van der Waals surface area contributed by atoms with Gasteiger partial charge in [-0.25, -0.2) is 4.79 Å². The summed E-state index contributed by atoms with van der Waals surface area (Å²) in [6.45, 7) is 7.70. The van der Waals surface area contributed by atoms with Crippen LogP contribution in [0.2, 0.25) is 0 Å². The molecule has 2 aromatic rings. The Kier molecular flexibility index (Phi) is 4.94. The van der Waals surface area contributed by atoms with Crippen LogP contribution in [0.25, 0.3) is 0 Å². The molecule has 0 spiro atoms. The third kappa shape index (κ3) is 3.33. The van der Waals surface area contributed by atoms with Gasteiger partial charge in [-0.05, 0) is 51.5 Å². The lowest BCUT2D eigenvalue weighted by Crippen LogP contribution is -2.17. The Labute approximate surface area is 150 Å². The molecule has 1 N–H and O–H groups in total. The lowest BCUT2D eigenvalue weighted by atomic mass is 9.88. The van der Waals surface area contributed by atoms with Gasteiger partial charge in [0.15, 0.2) is 0 Å². The predicted molar refractivity (Wildman–Crippen MR) is 95.4 cm³/mol. The minimum absolute atomic E-state index is 0.303. The second-order valence-corrected chi connectivity index (χ2v) is 7.53. The maximum absolute atomic E-state index is 12.7. The highest BCUT2D eigenvalue weighted by atomic mass is 32.1. The van der Waals surface area contributed by atoms with Crippen LogP contribution in [0.1, 0.15) is 62.9 Å².